The first-order valence-corrected chi connectivity index (χ1v) is 7.54. The average Bonchev–Trinajstić information content (AvgIpc) is 2.86. The van der Waals surface area contributed by atoms with Gasteiger partial charge in [-0.3, -0.25) is 14.4 Å². The van der Waals surface area contributed by atoms with Crippen LogP contribution in [0.2, 0.25) is 0 Å². The van der Waals surface area contributed by atoms with Gasteiger partial charge in [0.15, 0.2) is 0 Å². The highest BCUT2D eigenvalue weighted by Crippen LogP contribution is 2.27. The number of anilines is 1. The van der Waals surface area contributed by atoms with Crippen LogP contribution in [0.15, 0.2) is 18.2 Å². The Kier molecular flexibility index (Phi) is 5.48. The van der Waals surface area contributed by atoms with E-state index in [1.807, 2.05) is 0 Å². The molecule has 0 aromatic heterocycles. The molecule has 0 bridgehead atoms. The van der Waals surface area contributed by atoms with Crippen LogP contribution in [0.1, 0.15) is 19.3 Å². The normalized spacial score (nSPS) is 17.2. The second kappa shape index (κ2) is 7.37. The van der Waals surface area contributed by atoms with Crippen molar-refractivity contribution >= 4 is 23.5 Å². The van der Waals surface area contributed by atoms with Crippen molar-refractivity contribution in [1.82, 2.24) is 4.90 Å². The number of carboxylic acid groups (broad SMARTS) is 1. The summed E-state index contributed by atoms with van der Waals surface area (Å²) < 4.78 is 26.6. The lowest BCUT2D eigenvalue weighted by atomic mass is 10.1. The van der Waals surface area contributed by atoms with Gasteiger partial charge in [-0.2, -0.15) is 0 Å². The van der Waals surface area contributed by atoms with Gasteiger partial charge in [0, 0.05) is 38.3 Å². The average molecular weight is 340 g/mol. The summed E-state index contributed by atoms with van der Waals surface area (Å²) in [4.78, 5) is 37.7. The Morgan fingerprint density at radius 3 is 2.50 bits per heavy atom. The lowest BCUT2D eigenvalue weighted by Crippen LogP contribution is -2.38. The molecule has 0 aliphatic carbocycles. The highest BCUT2D eigenvalue weighted by molar-refractivity contribution is 6.09. The standard InChI is InChI=1S/C16H18F2N2O4/c1-19(5-2-3-14(21)22)15(23)13-4-6-20(16(13)24)12-8-10(17)7-11(18)9-12/h7-9,13H,2-6H2,1H3,(H,21,22). The van der Waals surface area contributed by atoms with Crippen LogP contribution in [-0.2, 0) is 14.4 Å². The molecular weight excluding hydrogens is 322 g/mol. The van der Waals surface area contributed by atoms with E-state index in [0.29, 0.717) is 6.07 Å². The van der Waals surface area contributed by atoms with E-state index in [1.54, 1.807) is 0 Å². The van der Waals surface area contributed by atoms with Crippen molar-refractivity contribution in [2.24, 2.45) is 5.92 Å². The third-order valence-electron chi connectivity index (χ3n) is 3.92. The molecule has 1 aromatic rings. The molecule has 6 nitrogen and oxygen atoms in total. The summed E-state index contributed by atoms with van der Waals surface area (Å²) in [6.07, 6.45) is 0.474. The van der Waals surface area contributed by atoms with Gasteiger partial charge in [-0.1, -0.05) is 0 Å². The summed E-state index contributed by atoms with van der Waals surface area (Å²) in [7, 11) is 1.50. The zero-order valence-corrected chi connectivity index (χ0v) is 13.2. The summed E-state index contributed by atoms with van der Waals surface area (Å²) in [5.41, 5.74) is 0.0846. The van der Waals surface area contributed by atoms with Gasteiger partial charge in [0.05, 0.1) is 0 Å². The van der Waals surface area contributed by atoms with Gasteiger partial charge in [0.25, 0.3) is 0 Å². The Labute approximate surface area is 137 Å². The van der Waals surface area contributed by atoms with Crippen LogP contribution >= 0.6 is 0 Å². The van der Waals surface area contributed by atoms with E-state index in [-0.39, 0.29) is 38.0 Å². The molecule has 1 fully saturated rings. The molecule has 0 saturated carbocycles. The Balaban J connectivity index is 2.02. The zero-order chi connectivity index (χ0) is 17.9. The lowest BCUT2D eigenvalue weighted by molar-refractivity contribution is -0.141. The number of benzene rings is 1. The number of hydrogen-bond acceptors (Lipinski definition) is 3. The molecule has 2 amide bonds. The Bertz CT molecular complexity index is 645. The van der Waals surface area contributed by atoms with Crippen LogP contribution in [0.4, 0.5) is 14.5 Å². The topological polar surface area (TPSA) is 77.9 Å². The fourth-order valence-corrected chi connectivity index (χ4v) is 2.70. The third-order valence-corrected chi connectivity index (χ3v) is 3.92. The second-order valence-corrected chi connectivity index (χ2v) is 5.72. The largest absolute Gasteiger partial charge is 0.481 e. The van der Waals surface area contributed by atoms with Crippen LogP contribution in [0.25, 0.3) is 0 Å². The van der Waals surface area contributed by atoms with Crippen LogP contribution in [0, 0.1) is 17.6 Å². The maximum atomic E-state index is 13.3. The lowest BCUT2D eigenvalue weighted by Gasteiger charge is -2.21. The molecule has 1 saturated heterocycles. The zero-order valence-electron chi connectivity index (χ0n) is 13.2. The van der Waals surface area contributed by atoms with Gasteiger partial charge >= 0.3 is 5.97 Å². The SMILES string of the molecule is CN(CCCC(=O)O)C(=O)C1CCN(c2cc(F)cc(F)c2)C1=O. The number of rotatable bonds is 6. The number of carbonyl (C=O) groups excluding carboxylic acids is 2. The van der Waals surface area contributed by atoms with E-state index in [9.17, 15) is 23.2 Å². The van der Waals surface area contributed by atoms with E-state index in [1.165, 1.54) is 16.8 Å². The molecule has 0 spiro atoms. The molecule has 0 radical (unpaired) electrons. The van der Waals surface area contributed by atoms with Crippen molar-refractivity contribution in [3.8, 4) is 0 Å². The van der Waals surface area contributed by atoms with E-state index in [4.69, 9.17) is 5.11 Å². The number of hydrogen-bond donors (Lipinski definition) is 1. The minimum Gasteiger partial charge on any atom is -0.481 e. The van der Waals surface area contributed by atoms with Crippen molar-refractivity contribution in [2.75, 3.05) is 25.0 Å². The highest BCUT2D eigenvalue weighted by Gasteiger charge is 2.39. The molecule has 1 N–H and O–H groups in total. The van der Waals surface area contributed by atoms with E-state index in [2.05, 4.69) is 0 Å². The Hall–Kier alpha value is -2.51. The van der Waals surface area contributed by atoms with Gasteiger partial charge in [-0.25, -0.2) is 8.78 Å². The minimum absolute atomic E-state index is 0.0646. The summed E-state index contributed by atoms with van der Waals surface area (Å²) in [5.74, 6) is -4.37. The fourth-order valence-electron chi connectivity index (χ4n) is 2.70. The van der Waals surface area contributed by atoms with Crippen LogP contribution in [0.3, 0.4) is 0 Å². The number of aliphatic carboxylic acids is 1. The maximum Gasteiger partial charge on any atom is 0.303 e. The van der Waals surface area contributed by atoms with Crippen LogP contribution < -0.4 is 4.90 Å². The highest BCUT2D eigenvalue weighted by atomic mass is 19.1. The number of carbonyl (C=O) groups is 3. The molecule has 130 valence electrons. The summed E-state index contributed by atoms with van der Waals surface area (Å²) >= 11 is 0. The molecule has 8 heteroatoms. The van der Waals surface area contributed by atoms with Crippen molar-refractivity contribution in [3.05, 3.63) is 29.8 Å². The fraction of sp³-hybridized carbons (Fsp3) is 0.438. The van der Waals surface area contributed by atoms with Gasteiger partial charge in [0.2, 0.25) is 11.8 Å². The van der Waals surface area contributed by atoms with Crippen molar-refractivity contribution in [2.45, 2.75) is 19.3 Å². The summed E-state index contributed by atoms with van der Waals surface area (Å²) in [5, 5.41) is 8.60. The van der Waals surface area contributed by atoms with Crippen LogP contribution in [-0.4, -0.2) is 47.9 Å². The predicted octanol–water partition coefficient (Wildman–Crippen LogP) is 1.64. The number of carboxylic acids is 1. The van der Waals surface area contributed by atoms with Gasteiger partial charge in [0.1, 0.15) is 17.6 Å². The summed E-state index contributed by atoms with van der Waals surface area (Å²) in [6, 6.07) is 2.80. The van der Waals surface area contributed by atoms with Gasteiger partial charge in [-0.05, 0) is 25.0 Å². The molecule has 1 aliphatic heterocycles. The number of amides is 2. The Morgan fingerprint density at radius 1 is 1.29 bits per heavy atom. The quantitative estimate of drug-likeness (QED) is 0.799. The number of halogens is 2. The van der Waals surface area contributed by atoms with E-state index in [0.717, 1.165) is 12.1 Å². The molecule has 1 aromatic carbocycles. The first-order chi connectivity index (χ1) is 11.3. The smallest absolute Gasteiger partial charge is 0.303 e. The first-order valence-electron chi connectivity index (χ1n) is 7.54. The van der Waals surface area contributed by atoms with E-state index < -0.39 is 35.3 Å². The monoisotopic (exact) mass is 340 g/mol. The Morgan fingerprint density at radius 2 is 1.92 bits per heavy atom. The van der Waals surface area contributed by atoms with Gasteiger partial charge in [-0.15, -0.1) is 0 Å². The minimum atomic E-state index is -0.952. The second-order valence-electron chi connectivity index (χ2n) is 5.72. The molecule has 1 unspecified atom stereocenters. The maximum absolute atomic E-state index is 13.3. The molecular formula is C16H18F2N2O4. The predicted molar refractivity (Wildman–Crippen MR) is 81.3 cm³/mol. The number of nitrogens with zero attached hydrogens (tertiary/aromatic N) is 2. The molecule has 2 rings (SSSR count). The third kappa shape index (κ3) is 4.06. The van der Waals surface area contributed by atoms with Gasteiger partial charge < -0.3 is 14.9 Å². The summed E-state index contributed by atoms with van der Waals surface area (Å²) in [6.45, 7) is 0.421. The molecule has 24 heavy (non-hydrogen) atoms. The van der Waals surface area contributed by atoms with E-state index >= 15 is 0 Å². The van der Waals surface area contributed by atoms with Crippen molar-refractivity contribution < 1.29 is 28.3 Å². The van der Waals surface area contributed by atoms with Crippen molar-refractivity contribution in [1.29, 1.82) is 0 Å². The molecule has 1 heterocycles. The molecule has 1 atom stereocenters. The van der Waals surface area contributed by atoms with Crippen LogP contribution in [0.5, 0.6) is 0 Å². The van der Waals surface area contributed by atoms with Crippen molar-refractivity contribution in [3.63, 3.8) is 0 Å². The molecule has 1 aliphatic rings. The first kappa shape index (κ1) is 17.8.